The zero-order chi connectivity index (χ0) is 14.5. The molecule has 0 unspecified atom stereocenters. The number of nitrogens with one attached hydrogen (secondary N) is 2. The highest BCUT2D eigenvalue weighted by Gasteiger charge is 2.16. The van der Waals surface area contributed by atoms with Gasteiger partial charge in [-0.25, -0.2) is 18.1 Å². The van der Waals surface area contributed by atoms with E-state index in [0.717, 1.165) is 13.0 Å². The lowest BCUT2D eigenvalue weighted by molar-refractivity contribution is 0.378. The molecule has 0 radical (unpaired) electrons. The maximum atomic E-state index is 12.0. The molecule has 19 heavy (non-hydrogen) atoms. The number of pyridine rings is 1. The minimum absolute atomic E-state index is 0.107. The lowest BCUT2D eigenvalue weighted by atomic mass is 9.93. The molecule has 0 saturated carbocycles. The molecule has 108 valence electrons. The predicted octanol–water partition coefficient (Wildman–Crippen LogP) is 2.23. The van der Waals surface area contributed by atoms with Crippen molar-refractivity contribution < 1.29 is 8.42 Å². The second-order valence-corrected chi connectivity index (χ2v) is 7.38. The molecule has 0 aromatic carbocycles. The minimum Gasteiger partial charge on any atom is -0.370 e. The third kappa shape index (κ3) is 5.57. The summed E-state index contributed by atoms with van der Waals surface area (Å²) in [5.74, 6) is 0.677. The summed E-state index contributed by atoms with van der Waals surface area (Å²) in [6, 6.07) is 3.23. The van der Waals surface area contributed by atoms with Gasteiger partial charge in [-0.2, -0.15) is 0 Å². The first-order valence-electron chi connectivity index (χ1n) is 6.44. The predicted molar refractivity (Wildman–Crippen MR) is 77.7 cm³/mol. The average molecular weight is 285 g/mol. The fourth-order valence-electron chi connectivity index (χ4n) is 1.47. The standard InChI is InChI=1S/C13H23N3O2S/c1-5-14-12-7-6-11(10-15-12)19(17,18)16-9-8-13(2,3)4/h6-7,10,16H,5,8-9H2,1-4H3,(H,14,15). The van der Waals surface area contributed by atoms with Crippen LogP contribution >= 0.6 is 0 Å². The van der Waals surface area contributed by atoms with E-state index in [-0.39, 0.29) is 10.3 Å². The van der Waals surface area contributed by atoms with Gasteiger partial charge in [0, 0.05) is 19.3 Å². The number of hydrogen-bond donors (Lipinski definition) is 2. The Hall–Kier alpha value is -1.14. The van der Waals surface area contributed by atoms with Crippen molar-refractivity contribution in [1.29, 1.82) is 0 Å². The van der Waals surface area contributed by atoms with Gasteiger partial charge in [0.15, 0.2) is 0 Å². The second-order valence-electron chi connectivity index (χ2n) is 5.62. The summed E-state index contributed by atoms with van der Waals surface area (Å²) in [4.78, 5) is 4.26. The van der Waals surface area contributed by atoms with Crippen LogP contribution in [0.15, 0.2) is 23.2 Å². The molecule has 5 nitrogen and oxygen atoms in total. The summed E-state index contributed by atoms with van der Waals surface area (Å²) < 4.78 is 26.6. The fourth-order valence-corrected chi connectivity index (χ4v) is 2.44. The van der Waals surface area contributed by atoms with Gasteiger partial charge in [0.25, 0.3) is 0 Å². The molecule has 1 aromatic rings. The average Bonchev–Trinajstić information content (AvgIpc) is 2.28. The number of rotatable bonds is 6. The molecule has 0 atom stereocenters. The highest BCUT2D eigenvalue weighted by Crippen LogP contribution is 2.18. The molecule has 0 fully saturated rings. The van der Waals surface area contributed by atoms with Crippen LogP contribution in [0.3, 0.4) is 0 Å². The van der Waals surface area contributed by atoms with Crippen molar-refractivity contribution in [3.63, 3.8) is 0 Å². The van der Waals surface area contributed by atoms with Crippen LogP contribution in [0.4, 0.5) is 5.82 Å². The van der Waals surface area contributed by atoms with Gasteiger partial charge in [-0.1, -0.05) is 20.8 Å². The van der Waals surface area contributed by atoms with E-state index >= 15 is 0 Å². The van der Waals surface area contributed by atoms with Gasteiger partial charge in [0.05, 0.1) is 0 Å². The van der Waals surface area contributed by atoms with Gasteiger partial charge in [-0.15, -0.1) is 0 Å². The Morgan fingerprint density at radius 1 is 1.26 bits per heavy atom. The first-order valence-corrected chi connectivity index (χ1v) is 7.92. The molecule has 2 N–H and O–H groups in total. The van der Waals surface area contributed by atoms with Gasteiger partial charge in [0.1, 0.15) is 10.7 Å². The SMILES string of the molecule is CCNc1ccc(S(=O)(=O)NCCC(C)(C)C)cn1. The van der Waals surface area contributed by atoms with Crippen LogP contribution in [0.2, 0.25) is 0 Å². The molecule has 6 heteroatoms. The Morgan fingerprint density at radius 2 is 1.95 bits per heavy atom. The quantitative estimate of drug-likeness (QED) is 0.841. The molecule has 0 saturated heterocycles. The van der Waals surface area contributed by atoms with E-state index in [4.69, 9.17) is 0 Å². The zero-order valence-corrected chi connectivity index (χ0v) is 12.8. The van der Waals surface area contributed by atoms with E-state index < -0.39 is 10.0 Å². The van der Waals surface area contributed by atoms with Crippen molar-refractivity contribution in [2.24, 2.45) is 5.41 Å². The normalized spacial score (nSPS) is 12.4. The van der Waals surface area contributed by atoms with Crippen molar-refractivity contribution >= 4 is 15.8 Å². The van der Waals surface area contributed by atoms with Crippen molar-refractivity contribution in [1.82, 2.24) is 9.71 Å². The van der Waals surface area contributed by atoms with Gasteiger partial charge in [-0.05, 0) is 30.9 Å². The molecule has 1 aromatic heterocycles. The molecule has 0 amide bonds. The van der Waals surface area contributed by atoms with Crippen LogP contribution in [-0.4, -0.2) is 26.5 Å². The molecule has 0 aliphatic rings. The van der Waals surface area contributed by atoms with Crippen LogP contribution in [0.5, 0.6) is 0 Å². The number of aromatic nitrogens is 1. The molecule has 0 bridgehead atoms. The summed E-state index contributed by atoms with van der Waals surface area (Å²) in [7, 11) is -3.45. The lowest BCUT2D eigenvalue weighted by Gasteiger charge is -2.18. The second kappa shape index (κ2) is 6.34. The topological polar surface area (TPSA) is 71.1 Å². The van der Waals surface area contributed by atoms with E-state index in [1.165, 1.54) is 6.20 Å². The van der Waals surface area contributed by atoms with Crippen molar-refractivity contribution in [3.8, 4) is 0 Å². The monoisotopic (exact) mass is 285 g/mol. The smallest absolute Gasteiger partial charge is 0.242 e. The Kier molecular flexibility index (Phi) is 5.31. The molecular formula is C13H23N3O2S. The Labute approximate surface area is 115 Å². The number of nitrogens with zero attached hydrogens (tertiary/aromatic N) is 1. The maximum Gasteiger partial charge on any atom is 0.242 e. The first kappa shape index (κ1) is 15.9. The van der Waals surface area contributed by atoms with Gasteiger partial charge in [-0.3, -0.25) is 0 Å². The first-order chi connectivity index (χ1) is 8.74. The van der Waals surface area contributed by atoms with E-state index in [0.29, 0.717) is 12.4 Å². The third-order valence-corrected chi connectivity index (χ3v) is 4.02. The van der Waals surface area contributed by atoms with Crippen molar-refractivity contribution in [3.05, 3.63) is 18.3 Å². The van der Waals surface area contributed by atoms with Crippen LogP contribution in [0.25, 0.3) is 0 Å². The summed E-state index contributed by atoms with van der Waals surface area (Å²) in [6.45, 7) is 9.38. The summed E-state index contributed by atoms with van der Waals surface area (Å²) in [5.41, 5.74) is 0.107. The highest BCUT2D eigenvalue weighted by molar-refractivity contribution is 7.89. The van der Waals surface area contributed by atoms with Crippen molar-refractivity contribution in [2.75, 3.05) is 18.4 Å². The molecular weight excluding hydrogens is 262 g/mol. The van der Waals surface area contributed by atoms with Crippen LogP contribution in [0.1, 0.15) is 34.1 Å². The van der Waals surface area contributed by atoms with Crippen LogP contribution in [0, 0.1) is 5.41 Å². The minimum atomic E-state index is -3.45. The van der Waals surface area contributed by atoms with E-state index in [1.807, 2.05) is 6.92 Å². The van der Waals surface area contributed by atoms with Gasteiger partial charge < -0.3 is 5.32 Å². The molecule has 0 aliphatic heterocycles. The maximum absolute atomic E-state index is 12.0. The van der Waals surface area contributed by atoms with Gasteiger partial charge in [0.2, 0.25) is 10.0 Å². The lowest BCUT2D eigenvalue weighted by Crippen LogP contribution is -2.27. The fraction of sp³-hybridized carbons (Fsp3) is 0.615. The summed E-state index contributed by atoms with van der Waals surface area (Å²) in [5, 5.41) is 3.02. The molecule has 1 rings (SSSR count). The van der Waals surface area contributed by atoms with Crippen LogP contribution < -0.4 is 10.0 Å². The Morgan fingerprint density at radius 3 is 2.42 bits per heavy atom. The number of sulfonamides is 1. The Balaban J connectivity index is 2.67. The van der Waals surface area contributed by atoms with Gasteiger partial charge >= 0.3 is 0 Å². The largest absolute Gasteiger partial charge is 0.370 e. The number of anilines is 1. The zero-order valence-electron chi connectivity index (χ0n) is 12.0. The van der Waals surface area contributed by atoms with Crippen molar-refractivity contribution in [2.45, 2.75) is 39.0 Å². The van der Waals surface area contributed by atoms with Crippen LogP contribution in [-0.2, 0) is 10.0 Å². The van der Waals surface area contributed by atoms with E-state index in [9.17, 15) is 8.42 Å². The number of hydrogen-bond acceptors (Lipinski definition) is 4. The molecule has 0 aliphatic carbocycles. The van der Waals surface area contributed by atoms with E-state index in [1.54, 1.807) is 12.1 Å². The third-order valence-electron chi connectivity index (χ3n) is 2.57. The summed E-state index contributed by atoms with van der Waals surface area (Å²) >= 11 is 0. The highest BCUT2D eigenvalue weighted by atomic mass is 32.2. The van der Waals surface area contributed by atoms with E-state index in [2.05, 4.69) is 35.8 Å². The molecule has 0 spiro atoms. The molecule has 1 heterocycles. The summed E-state index contributed by atoms with van der Waals surface area (Å²) in [6.07, 6.45) is 2.16. The Bertz CT molecular complexity index is 490.